The number of benzene rings is 1. The largest absolute Gasteiger partial charge is 0.375 e. The van der Waals surface area contributed by atoms with Crippen LogP contribution < -0.4 is 5.73 Å². The molecule has 2 aromatic rings. The highest BCUT2D eigenvalue weighted by Gasteiger charge is 2.27. The molecule has 3 rings (SSSR count). The third kappa shape index (κ3) is 4.26. The van der Waals surface area contributed by atoms with Gasteiger partial charge in [-0.25, -0.2) is 4.98 Å². The van der Waals surface area contributed by atoms with Crippen molar-refractivity contribution in [3.8, 4) is 0 Å². The van der Waals surface area contributed by atoms with Gasteiger partial charge in [-0.3, -0.25) is 9.69 Å². The van der Waals surface area contributed by atoms with Crippen LogP contribution in [0.25, 0.3) is 0 Å². The van der Waals surface area contributed by atoms with E-state index in [2.05, 4.69) is 16.8 Å². The van der Waals surface area contributed by atoms with Gasteiger partial charge in [-0.05, 0) is 24.6 Å². The molecule has 0 spiro atoms. The Morgan fingerprint density at radius 3 is 2.96 bits per heavy atom. The molecule has 1 aliphatic heterocycles. The van der Waals surface area contributed by atoms with E-state index in [9.17, 15) is 4.79 Å². The Morgan fingerprint density at radius 1 is 1.46 bits per heavy atom. The molecule has 0 saturated carbocycles. The van der Waals surface area contributed by atoms with Crippen molar-refractivity contribution in [2.75, 3.05) is 25.4 Å². The average molecular weight is 365 g/mol. The second kappa shape index (κ2) is 7.51. The maximum atomic E-state index is 12.6. The zero-order chi connectivity index (χ0) is 17.1. The van der Waals surface area contributed by atoms with Crippen molar-refractivity contribution < 1.29 is 4.79 Å². The van der Waals surface area contributed by atoms with Crippen LogP contribution in [-0.4, -0.2) is 46.4 Å². The summed E-state index contributed by atoms with van der Waals surface area (Å²) in [5.74, 6) is 0.159. The Bertz CT molecular complexity index is 720. The number of carbonyl (C=O) groups excluding carboxylic acids is 1. The predicted octanol–water partition coefficient (Wildman–Crippen LogP) is 2.65. The van der Waals surface area contributed by atoms with Crippen LogP contribution >= 0.6 is 22.9 Å². The quantitative estimate of drug-likeness (QED) is 0.905. The van der Waals surface area contributed by atoms with E-state index >= 15 is 0 Å². The number of hydrogen-bond acceptors (Lipinski definition) is 5. The average Bonchev–Trinajstić information content (AvgIpc) is 2.92. The summed E-state index contributed by atoms with van der Waals surface area (Å²) in [5.41, 5.74) is 6.64. The Kier molecular flexibility index (Phi) is 5.38. The van der Waals surface area contributed by atoms with E-state index < -0.39 is 0 Å². The molecule has 1 aliphatic rings. The molecule has 1 saturated heterocycles. The van der Waals surface area contributed by atoms with Crippen LogP contribution in [0.3, 0.4) is 0 Å². The smallest absolute Gasteiger partial charge is 0.227 e. The van der Waals surface area contributed by atoms with Gasteiger partial charge < -0.3 is 10.6 Å². The number of nitrogens with two attached hydrogens (primary N) is 1. The molecule has 2 N–H and O–H groups in total. The molecule has 1 unspecified atom stereocenters. The van der Waals surface area contributed by atoms with Crippen LogP contribution in [0.5, 0.6) is 0 Å². The number of nitrogens with zero attached hydrogens (tertiary/aromatic N) is 3. The van der Waals surface area contributed by atoms with E-state index in [1.165, 1.54) is 16.2 Å². The molecule has 0 aliphatic carbocycles. The first-order valence-electron chi connectivity index (χ1n) is 7.97. The van der Waals surface area contributed by atoms with Crippen molar-refractivity contribution in [3.63, 3.8) is 0 Å². The lowest BCUT2D eigenvalue weighted by Crippen LogP contribution is -2.53. The number of carbonyl (C=O) groups is 1. The summed E-state index contributed by atoms with van der Waals surface area (Å²) in [5, 5.41) is 1.27. The van der Waals surface area contributed by atoms with Crippen molar-refractivity contribution in [2.24, 2.45) is 0 Å². The fourth-order valence-corrected chi connectivity index (χ4v) is 4.03. The first kappa shape index (κ1) is 17.2. The van der Waals surface area contributed by atoms with Crippen LogP contribution in [0.15, 0.2) is 30.5 Å². The Morgan fingerprint density at radius 2 is 2.29 bits per heavy atom. The minimum absolute atomic E-state index is 0.159. The number of hydrogen-bond donors (Lipinski definition) is 1. The van der Waals surface area contributed by atoms with Gasteiger partial charge in [-0.15, -0.1) is 11.3 Å². The summed E-state index contributed by atoms with van der Waals surface area (Å²) in [6.07, 6.45) is 2.23. The second-order valence-electron chi connectivity index (χ2n) is 6.14. The summed E-state index contributed by atoms with van der Waals surface area (Å²) in [7, 11) is 0. The molecule has 128 valence electrons. The van der Waals surface area contributed by atoms with Crippen molar-refractivity contribution in [1.82, 2.24) is 14.8 Å². The van der Waals surface area contributed by atoms with Crippen molar-refractivity contribution in [2.45, 2.75) is 25.9 Å². The molecule has 5 nitrogen and oxygen atoms in total. The minimum Gasteiger partial charge on any atom is -0.375 e. The van der Waals surface area contributed by atoms with E-state index in [0.29, 0.717) is 16.6 Å². The molecule has 1 amide bonds. The van der Waals surface area contributed by atoms with Gasteiger partial charge in [0.2, 0.25) is 5.91 Å². The van der Waals surface area contributed by atoms with Gasteiger partial charge in [0.1, 0.15) is 0 Å². The van der Waals surface area contributed by atoms with E-state index in [1.807, 2.05) is 35.4 Å². The molecular weight excluding hydrogens is 344 g/mol. The first-order chi connectivity index (χ1) is 11.5. The highest BCUT2D eigenvalue weighted by atomic mass is 35.5. The fourth-order valence-electron chi connectivity index (χ4n) is 3.09. The molecule has 1 aromatic heterocycles. The Labute approximate surface area is 151 Å². The molecule has 0 radical (unpaired) electrons. The number of piperazine rings is 1. The van der Waals surface area contributed by atoms with E-state index in [0.717, 1.165) is 31.7 Å². The molecule has 7 heteroatoms. The van der Waals surface area contributed by atoms with Crippen molar-refractivity contribution >= 4 is 34.0 Å². The van der Waals surface area contributed by atoms with Gasteiger partial charge >= 0.3 is 0 Å². The Hall–Kier alpha value is -1.63. The number of anilines is 1. The molecule has 24 heavy (non-hydrogen) atoms. The lowest BCUT2D eigenvalue weighted by Gasteiger charge is -2.39. The van der Waals surface area contributed by atoms with Crippen molar-refractivity contribution in [1.29, 1.82) is 0 Å². The third-order valence-corrected chi connectivity index (χ3v) is 5.27. The number of amides is 1. The topological polar surface area (TPSA) is 62.5 Å². The summed E-state index contributed by atoms with van der Waals surface area (Å²) in [4.78, 5) is 22.2. The van der Waals surface area contributed by atoms with Gasteiger partial charge in [0.25, 0.3) is 0 Å². The number of nitrogen functional groups attached to an aromatic ring is 1. The summed E-state index contributed by atoms with van der Waals surface area (Å²) < 4.78 is 0. The fraction of sp³-hybridized carbons (Fsp3) is 0.412. The Balaban J connectivity index is 1.56. The standard InChI is InChI=1S/C17H21ClN4OS/c1-12-10-21(11-15-9-20-17(19)24-15)5-6-22(12)16(23)8-13-3-2-4-14(18)7-13/h2-4,7,9,12H,5-6,8,10-11H2,1H3,(H2,19,20). The zero-order valence-electron chi connectivity index (χ0n) is 13.6. The molecule has 2 heterocycles. The normalized spacial score (nSPS) is 18.8. The van der Waals surface area contributed by atoms with Crippen LogP contribution in [0.2, 0.25) is 5.02 Å². The first-order valence-corrected chi connectivity index (χ1v) is 9.17. The number of rotatable bonds is 4. The van der Waals surface area contributed by atoms with Crippen LogP contribution in [-0.2, 0) is 17.8 Å². The third-order valence-electron chi connectivity index (χ3n) is 4.23. The molecule has 1 aromatic carbocycles. The summed E-state index contributed by atoms with van der Waals surface area (Å²) >= 11 is 7.52. The van der Waals surface area contributed by atoms with E-state index in [1.54, 1.807) is 0 Å². The van der Waals surface area contributed by atoms with Crippen molar-refractivity contribution in [3.05, 3.63) is 45.9 Å². The zero-order valence-corrected chi connectivity index (χ0v) is 15.2. The predicted molar refractivity (Wildman–Crippen MR) is 98.1 cm³/mol. The highest BCUT2D eigenvalue weighted by molar-refractivity contribution is 7.15. The number of thiazole rings is 1. The maximum Gasteiger partial charge on any atom is 0.227 e. The number of halogens is 1. The van der Waals surface area contributed by atoms with E-state index in [4.69, 9.17) is 17.3 Å². The lowest BCUT2D eigenvalue weighted by molar-refractivity contribution is -0.135. The highest BCUT2D eigenvalue weighted by Crippen LogP contribution is 2.20. The van der Waals surface area contributed by atoms with Crippen LogP contribution in [0.1, 0.15) is 17.4 Å². The molecule has 0 bridgehead atoms. The summed E-state index contributed by atoms with van der Waals surface area (Å²) in [6, 6.07) is 7.69. The van der Waals surface area contributed by atoms with Gasteiger partial charge in [0.05, 0.1) is 6.42 Å². The van der Waals surface area contributed by atoms with Crippen LogP contribution in [0, 0.1) is 0 Å². The van der Waals surface area contributed by atoms with Crippen LogP contribution in [0.4, 0.5) is 5.13 Å². The van der Waals surface area contributed by atoms with Gasteiger partial charge in [0.15, 0.2) is 5.13 Å². The monoisotopic (exact) mass is 364 g/mol. The molecule has 1 fully saturated rings. The molecular formula is C17H21ClN4OS. The van der Waals surface area contributed by atoms with Gasteiger partial charge in [-0.2, -0.15) is 0 Å². The maximum absolute atomic E-state index is 12.6. The molecule has 1 atom stereocenters. The number of aromatic nitrogens is 1. The van der Waals surface area contributed by atoms with E-state index in [-0.39, 0.29) is 11.9 Å². The van der Waals surface area contributed by atoms with Gasteiger partial charge in [0, 0.05) is 48.3 Å². The summed E-state index contributed by atoms with van der Waals surface area (Å²) in [6.45, 7) is 5.41. The minimum atomic E-state index is 0.159. The SMILES string of the molecule is CC1CN(Cc2cnc(N)s2)CCN1C(=O)Cc1cccc(Cl)c1. The van der Waals surface area contributed by atoms with Gasteiger partial charge in [-0.1, -0.05) is 23.7 Å². The lowest BCUT2D eigenvalue weighted by atomic mass is 10.1. The second-order valence-corrected chi connectivity index (χ2v) is 7.73.